The van der Waals surface area contributed by atoms with Crippen LogP contribution < -0.4 is 16.0 Å². The summed E-state index contributed by atoms with van der Waals surface area (Å²) in [5.74, 6) is -2.35. The molecule has 0 bridgehead atoms. The maximum absolute atomic E-state index is 13.1. The van der Waals surface area contributed by atoms with Gasteiger partial charge in [0.2, 0.25) is 11.6 Å². The van der Waals surface area contributed by atoms with Gasteiger partial charge < -0.3 is 25.0 Å². The van der Waals surface area contributed by atoms with E-state index in [1.807, 2.05) is 0 Å². The number of hydrogen-bond donors (Lipinski definition) is 2. The molecule has 3 N–H and O–H groups in total. The molecule has 10 aromatic rings. The lowest BCUT2D eigenvalue weighted by Crippen LogP contribution is -2.20. The lowest BCUT2D eigenvalue weighted by Gasteiger charge is -2.22. The van der Waals surface area contributed by atoms with Gasteiger partial charge >= 0.3 is 42.7 Å². The fourth-order valence-corrected chi connectivity index (χ4v) is 7.75. The predicted molar refractivity (Wildman–Crippen MR) is 274 cm³/mol. The molecule has 0 aromatic carbocycles. The topological polar surface area (TPSA) is 274 Å². The van der Waals surface area contributed by atoms with Gasteiger partial charge in [0, 0.05) is 52.3 Å². The van der Waals surface area contributed by atoms with Crippen LogP contribution in [0.5, 0.6) is 0 Å². The number of nitrogens with zero attached hydrogens (tertiary/aromatic N) is 17. The van der Waals surface area contributed by atoms with Crippen molar-refractivity contribution in [2.45, 2.75) is 42.8 Å². The van der Waals surface area contributed by atoms with Gasteiger partial charge in [-0.25, -0.2) is 29.9 Å². The van der Waals surface area contributed by atoms with Gasteiger partial charge in [0.1, 0.15) is 16.8 Å². The Labute approximate surface area is 490 Å². The Morgan fingerprint density at radius 2 is 0.952 bits per heavy atom. The molecule has 84 heavy (non-hydrogen) atoms. The van der Waals surface area contributed by atoms with Crippen molar-refractivity contribution in [2.75, 3.05) is 16.0 Å². The molecule has 0 spiro atoms. The summed E-state index contributed by atoms with van der Waals surface area (Å²) in [7, 11) is 0. The zero-order valence-corrected chi connectivity index (χ0v) is 46.2. The molecular formula is C43H27Br2ClF15N19O2S2. The third-order valence-corrected chi connectivity index (χ3v) is 12.1. The Kier molecular flexibility index (Phi) is 23.2. The quantitative estimate of drug-likeness (QED) is 0.100. The molecule has 0 amide bonds. The predicted octanol–water partition coefficient (Wildman–Crippen LogP) is 13.3. The maximum atomic E-state index is 13.1. The van der Waals surface area contributed by atoms with Crippen LogP contribution in [0.3, 0.4) is 0 Å². The van der Waals surface area contributed by atoms with Crippen LogP contribution in [0.4, 0.5) is 94.9 Å². The van der Waals surface area contributed by atoms with Crippen molar-refractivity contribution in [1.29, 1.82) is 0 Å². The highest BCUT2D eigenvalue weighted by Gasteiger charge is 2.40. The SMILES string of the molecule is Br.FC(F)(F)c1cncc(Cl)n1.FC(F)(F)c1cncc(N(Cc2ccc(-c3noc(C(F)(F)F)n3)s2)c2cnccn2)n1.FC(F)(F)c1cncc(Nc2cnccn2)n1.FC(F)(F)c1nc(-c2ccc(CBr)s2)no1.Nc1cnccn1. The third-order valence-electron chi connectivity index (χ3n) is 8.78. The molecule has 444 valence electrons. The molecule has 10 heterocycles. The number of aromatic nitrogens is 16. The molecule has 0 aliphatic rings. The van der Waals surface area contributed by atoms with E-state index >= 15 is 0 Å². The van der Waals surface area contributed by atoms with Gasteiger partial charge in [-0.1, -0.05) is 37.8 Å². The number of nitrogen functional groups attached to an aromatic ring is 1. The molecule has 21 nitrogen and oxygen atoms in total. The summed E-state index contributed by atoms with van der Waals surface area (Å²) in [5, 5.41) is 9.56. The molecular weight excluding hydrogens is 1360 g/mol. The van der Waals surface area contributed by atoms with E-state index < -0.39 is 59.7 Å². The van der Waals surface area contributed by atoms with Gasteiger partial charge in [0.25, 0.3) is 0 Å². The van der Waals surface area contributed by atoms with E-state index in [9.17, 15) is 65.9 Å². The molecule has 41 heteroatoms. The lowest BCUT2D eigenvalue weighted by molar-refractivity contribution is -0.160. The summed E-state index contributed by atoms with van der Waals surface area (Å²) in [6, 6.07) is 6.48. The number of halogens is 18. The summed E-state index contributed by atoms with van der Waals surface area (Å²) in [6.45, 7) is -0.0245. The number of hydrogen-bond acceptors (Lipinski definition) is 23. The zero-order chi connectivity index (χ0) is 60.6. The summed E-state index contributed by atoms with van der Waals surface area (Å²) in [4.78, 5) is 53.6. The Bertz CT molecular complexity index is 3600. The molecule has 0 saturated heterocycles. The molecule has 0 aliphatic carbocycles. The normalized spacial score (nSPS) is 11.4. The molecule has 0 radical (unpaired) electrons. The van der Waals surface area contributed by atoms with E-state index in [2.05, 4.69) is 110 Å². The van der Waals surface area contributed by atoms with Crippen LogP contribution in [0.15, 0.2) is 126 Å². The van der Waals surface area contributed by atoms with Gasteiger partial charge in [0.05, 0.1) is 72.1 Å². The van der Waals surface area contributed by atoms with Crippen LogP contribution in [0.1, 0.15) is 38.6 Å². The first kappa shape index (κ1) is 66.6. The Morgan fingerprint density at radius 3 is 1.38 bits per heavy atom. The van der Waals surface area contributed by atoms with Crippen molar-refractivity contribution < 1.29 is 74.9 Å². The Balaban J connectivity index is 0.000000210. The number of thiophene rings is 2. The zero-order valence-electron chi connectivity index (χ0n) is 40.5. The maximum Gasteiger partial charge on any atom is 0.471 e. The van der Waals surface area contributed by atoms with E-state index in [0.29, 0.717) is 45.3 Å². The van der Waals surface area contributed by atoms with Gasteiger partial charge in [-0.3, -0.25) is 29.9 Å². The largest absolute Gasteiger partial charge is 0.471 e. The highest BCUT2D eigenvalue weighted by atomic mass is 79.9. The molecule has 0 atom stereocenters. The van der Waals surface area contributed by atoms with Crippen LogP contribution in [0, 0.1) is 0 Å². The first-order valence-electron chi connectivity index (χ1n) is 21.5. The van der Waals surface area contributed by atoms with Crippen LogP contribution in [0.2, 0.25) is 5.15 Å². The average Bonchev–Trinajstić information content (AvgIpc) is 4.13. The molecule has 10 rings (SSSR count). The second-order valence-electron chi connectivity index (χ2n) is 14.8. The first-order chi connectivity index (χ1) is 39.1. The number of rotatable bonds is 9. The highest BCUT2D eigenvalue weighted by Crippen LogP contribution is 2.36. The smallest absolute Gasteiger partial charge is 0.382 e. The second kappa shape index (κ2) is 29.3. The number of nitrogens with two attached hydrogens (primary N) is 1. The Hall–Kier alpha value is -8.24. The second-order valence-corrected chi connectivity index (χ2v) is 18.1. The van der Waals surface area contributed by atoms with Gasteiger partial charge in [-0.15, -0.1) is 39.7 Å². The monoisotopic (exact) mass is 1380 g/mol. The highest BCUT2D eigenvalue weighted by molar-refractivity contribution is 9.08. The summed E-state index contributed by atoms with van der Waals surface area (Å²) < 4.78 is 195. The van der Waals surface area contributed by atoms with E-state index in [1.165, 1.54) is 71.9 Å². The lowest BCUT2D eigenvalue weighted by atomic mass is 10.3. The third kappa shape index (κ3) is 20.6. The molecule has 0 fully saturated rings. The fourth-order valence-electron chi connectivity index (χ4n) is 5.37. The number of anilines is 5. The average molecular weight is 1390 g/mol. The van der Waals surface area contributed by atoms with Crippen molar-refractivity contribution in [3.8, 4) is 21.4 Å². The standard InChI is InChI=1S/C17H9F6N7OS.C9H6F3N5.C8H4BrF3N2OS.C5H2ClF3N2.C4H5N3.BrH/c18-16(19,20)11-5-25-7-13(27-11)30(12-6-24-3-4-26-12)8-9-1-2-10(32-9)14-28-15(31-29-14)17(21,22)23;10-9(11,12)6-3-14-5-8(16-6)17-7-4-13-1-2-15-7;9-3-4-1-2-5(16-4)6-13-7(15-14-6)8(10,11)12;6-4-2-10-1-3(11-4)5(7,8)9;5-4-3-6-1-2-7-4;/h1-7H,8H2;1-5H,(H,15,16,17);1-2H,3H2;1-2H;1-3H,(H2,5,7);1H. The van der Waals surface area contributed by atoms with E-state index in [4.69, 9.17) is 17.3 Å². The fraction of sp³-hybridized carbons (Fsp3) is 0.163. The van der Waals surface area contributed by atoms with E-state index in [-0.39, 0.29) is 62.7 Å². The van der Waals surface area contributed by atoms with E-state index in [0.717, 1.165) is 28.6 Å². The van der Waals surface area contributed by atoms with Crippen molar-refractivity contribution in [3.63, 3.8) is 0 Å². The first-order valence-corrected chi connectivity index (χ1v) is 24.7. The molecule has 10 aromatic heterocycles. The number of nitrogens with one attached hydrogen (secondary N) is 1. The Morgan fingerprint density at radius 1 is 0.488 bits per heavy atom. The molecule has 0 saturated carbocycles. The van der Waals surface area contributed by atoms with Crippen LogP contribution in [-0.4, -0.2) is 80.1 Å². The van der Waals surface area contributed by atoms with Gasteiger partial charge in [-0.05, 0) is 24.3 Å². The molecule has 0 aliphatic heterocycles. The van der Waals surface area contributed by atoms with Crippen molar-refractivity contribution in [2.24, 2.45) is 0 Å². The van der Waals surface area contributed by atoms with Crippen LogP contribution >= 0.6 is 67.2 Å². The minimum absolute atomic E-state index is 0. The van der Waals surface area contributed by atoms with Crippen molar-refractivity contribution in [3.05, 3.63) is 161 Å². The minimum Gasteiger partial charge on any atom is -0.382 e. The van der Waals surface area contributed by atoms with Gasteiger partial charge in [-0.2, -0.15) is 75.8 Å². The van der Waals surface area contributed by atoms with Crippen LogP contribution in [-0.2, 0) is 42.8 Å². The van der Waals surface area contributed by atoms with Crippen LogP contribution in [0.25, 0.3) is 21.4 Å². The summed E-state index contributed by atoms with van der Waals surface area (Å²) >= 11 is 10.8. The van der Waals surface area contributed by atoms with Crippen molar-refractivity contribution in [1.82, 2.24) is 80.1 Å². The number of alkyl halides is 16. The summed E-state index contributed by atoms with van der Waals surface area (Å²) in [5.41, 5.74) is 1.85. The van der Waals surface area contributed by atoms with Crippen molar-refractivity contribution >= 4 is 96.3 Å². The summed E-state index contributed by atoms with van der Waals surface area (Å²) in [6.07, 6.45) is -4.97. The van der Waals surface area contributed by atoms with E-state index in [1.54, 1.807) is 30.6 Å². The minimum atomic E-state index is -4.78. The molecule has 0 unspecified atom stereocenters. The van der Waals surface area contributed by atoms with Gasteiger partial charge in [0.15, 0.2) is 34.5 Å².